The molecule has 4 N–H and O–H groups in total. The van der Waals surface area contributed by atoms with Crippen LogP contribution in [-0.4, -0.2) is 52.6 Å². The first kappa shape index (κ1) is 23.4. The average molecular weight is 469 g/mol. The largest absolute Gasteiger partial charge is 0.490 e. The van der Waals surface area contributed by atoms with E-state index < -0.39 is 17.8 Å². The van der Waals surface area contributed by atoms with E-state index >= 15 is 0 Å². The van der Waals surface area contributed by atoms with Gasteiger partial charge in [0.05, 0.1) is 0 Å². The summed E-state index contributed by atoms with van der Waals surface area (Å²) in [5.41, 5.74) is 8.35. The van der Waals surface area contributed by atoms with Crippen molar-refractivity contribution in [1.29, 1.82) is 0 Å². The molecule has 0 unspecified atom stereocenters. The Kier molecular flexibility index (Phi) is 6.63. The number of amides is 1. The van der Waals surface area contributed by atoms with Gasteiger partial charge in [-0.15, -0.1) is 0 Å². The van der Waals surface area contributed by atoms with Crippen molar-refractivity contribution < 1.29 is 27.9 Å². The number of carbonyl (C=O) groups excluding carboxylic acids is 1. The molecule has 4 rings (SSSR count). The summed E-state index contributed by atoms with van der Waals surface area (Å²) in [6.07, 6.45) is -3.64. The van der Waals surface area contributed by atoms with Crippen LogP contribution in [0.1, 0.15) is 28.8 Å². The van der Waals surface area contributed by atoms with Crippen LogP contribution < -0.4 is 11.1 Å². The molecule has 2 aliphatic rings. The van der Waals surface area contributed by atoms with Crippen molar-refractivity contribution >= 4 is 35.0 Å². The molecular formula is C21H20ClF3N4O3. The first-order chi connectivity index (χ1) is 15.0. The molecule has 0 aromatic heterocycles. The van der Waals surface area contributed by atoms with Crippen molar-refractivity contribution in [3.8, 4) is 0 Å². The predicted octanol–water partition coefficient (Wildman–Crippen LogP) is 3.74. The van der Waals surface area contributed by atoms with E-state index in [2.05, 4.69) is 5.32 Å². The Morgan fingerprint density at radius 2 is 1.66 bits per heavy atom. The molecule has 170 valence electrons. The third-order valence-corrected chi connectivity index (χ3v) is 5.37. The normalized spacial score (nSPS) is 16.8. The number of piperidine rings is 1. The fourth-order valence-corrected chi connectivity index (χ4v) is 3.60. The number of carboxylic acids is 1. The molecule has 0 atom stereocenters. The number of rotatable bonds is 1. The molecule has 1 amide bonds. The first-order valence-electron chi connectivity index (χ1n) is 9.59. The lowest BCUT2D eigenvalue weighted by molar-refractivity contribution is -0.192. The lowest BCUT2D eigenvalue weighted by atomic mass is 9.93. The number of anilines is 1. The molecule has 0 radical (unpaired) electrons. The minimum atomic E-state index is -5.08. The van der Waals surface area contributed by atoms with Crippen LogP contribution >= 0.6 is 11.6 Å². The standard InChI is InChI=1S/C19H19ClN4O.C2HF3O2/c20-14-7-5-13(6-8-14)18(25)24-11-9-19(10-12-24)22-16-4-2-1-3-15(16)17(21)23-19;3-2(4,5)1(6)7/h1-8,22H,9-12H2,(H2,21,23);(H,6,7). The third-order valence-electron chi connectivity index (χ3n) is 5.12. The summed E-state index contributed by atoms with van der Waals surface area (Å²) in [5.74, 6) is -2.17. The van der Waals surface area contributed by atoms with E-state index in [4.69, 9.17) is 32.2 Å². The van der Waals surface area contributed by atoms with Crippen molar-refractivity contribution in [2.45, 2.75) is 24.7 Å². The zero-order valence-corrected chi connectivity index (χ0v) is 17.5. The second-order valence-corrected chi connectivity index (χ2v) is 7.74. The number of amidine groups is 1. The van der Waals surface area contributed by atoms with E-state index in [0.717, 1.165) is 24.1 Å². The molecule has 2 heterocycles. The number of benzene rings is 2. The molecule has 0 aliphatic carbocycles. The quantitative estimate of drug-likeness (QED) is 0.591. The third kappa shape index (κ3) is 5.31. The smallest absolute Gasteiger partial charge is 0.475 e. The number of hydrogen-bond donors (Lipinski definition) is 3. The van der Waals surface area contributed by atoms with Crippen molar-refractivity contribution in [2.24, 2.45) is 10.7 Å². The highest BCUT2D eigenvalue weighted by Gasteiger charge is 2.39. The predicted molar refractivity (Wildman–Crippen MR) is 114 cm³/mol. The molecule has 7 nitrogen and oxygen atoms in total. The summed E-state index contributed by atoms with van der Waals surface area (Å²) < 4.78 is 31.7. The van der Waals surface area contributed by atoms with Gasteiger partial charge in [0.2, 0.25) is 0 Å². The van der Waals surface area contributed by atoms with Crippen molar-refractivity contribution in [2.75, 3.05) is 18.4 Å². The topological polar surface area (TPSA) is 108 Å². The number of hydrogen-bond acceptors (Lipinski definition) is 5. The van der Waals surface area contributed by atoms with Crippen molar-refractivity contribution in [3.63, 3.8) is 0 Å². The zero-order chi connectivity index (χ0) is 23.5. The van der Waals surface area contributed by atoms with Gasteiger partial charge in [-0.25, -0.2) is 9.79 Å². The number of carbonyl (C=O) groups is 2. The van der Waals surface area contributed by atoms with Gasteiger partial charge in [0.1, 0.15) is 11.5 Å². The van der Waals surface area contributed by atoms with Gasteiger partial charge in [-0.2, -0.15) is 13.2 Å². The first-order valence-corrected chi connectivity index (χ1v) is 9.96. The second kappa shape index (κ2) is 9.07. The number of aliphatic imine (C=N–C) groups is 1. The highest BCUT2D eigenvalue weighted by atomic mass is 35.5. The number of nitrogens with one attached hydrogen (secondary N) is 1. The van der Waals surface area contributed by atoms with Gasteiger partial charge in [0.15, 0.2) is 0 Å². The van der Waals surface area contributed by atoms with Crippen LogP contribution in [0, 0.1) is 0 Å². The van der Waals surface area contributed by atoms with Gasteiger partial charge in [0.25, 0.3) is 5.91 Å². The molecule has 0 bridgehead atoms. The summed E-state index contributed by atoms with van der Waals surface area (Å²) in [4.78, 5) is 28.1. The summed E-state index contributed by atoms with van der Waals surface area (Å²) >= 11 is 5.89. The molecule has 1 saturated heterocycles. The van der Waals surface area contributed by atoms with Crippen molar-refractivity contribution in [1.82, 2.24) is 4.90 Å². The van der Waals surface area contributed by atoms with Gasteiger partial charge >= 0.3 is 12.1 Å². The molecular weight excluding hydrogens is 449 g/mol. The molecule has 2 aromatic carbocycles. The number of para-hydroxylation sites is 1. The number of fused-ring (bicyclic) bond motifs is 1. The Hall–Kier alpha value is -3.27. The highest BCUT2D eigenvalue weighted by molar-refractivity contribution is 6.30. The maximum absolute atomic E-state index is 12.6. The number of halogens is 4. The fourth-order valence-electron chi connectivity index (χ4n) is 3.48. The average Bonchev–Trinajstić information content (AvgIpc) is 2.74. The van der Waals surface area contributed by atoms with Gasteiger partial charge in [-0.05, 0) is 36.4 Å². The van der Waals surface area contributed by atoms with Crippen LogP contribution in [0.25, 0.3) is 0 Å². The molecule has 11 heteroatoms. The van der Waals surface area contributed by atoms with Gasteiger partial charge in [0, 0.05) is 47.8 Å². The Labute approximate surface area is 186 Å². The van der Waals surface area contributed by atoms with Crippen LogP contribution in [0.15, 0.2) is 53.5 Å². The minimum Gasteiger partial charge on any atom is -0.475 e. The maximum atomic E-state index is 12.6. The van der Waals surface area contributed by atoms with E-state index in [9.17, 15) is 18.0 Å². The van der Waals surface area contributed by atoms with E-state index in [-0.39, 0.29) is 5.91 Å². The lowest BCUT2D eigenvalue weighted by Crippen LogP contribution is -2.52. The van der Waals surface area contributed by atoms with Gasteiger partial charge in [-0.3, -0.25) is 4.79 Å². The summed E-state index contributed by atoms with van der Waals surface area (Å²) in [5, 5.41) is 11.3. The SMILES string of the molecule is NC1=NC2(CCN(C(=O)c3ccc(Cl)cc3)CC2)Nc2ccccc21.O=C(O)C(F)(F)F. The Morgan fingerprint density at radius 3 is 2.22 bits per heavy atom. The van der Waals surface area contributed by atoms with Crippen LogP contribution in [0.3, 0.4) is 0 Å². The molecule has 2 aliphatic heterocycles. The molecule has 32 heavy (non-hydrogen) atoms. The second-order valence-electron chi connectivity index (χ2n) is 7.30. The number of alkyl halides is 3. The fraction of sp³-hybridized carbons (Fsp3) is 0.286. The number of likely N-dealkylation sites (tertiary alicyclic amines) is 1. The van der Waals surface area contributed by atoms with Crippen LogP contribution in [0.2, 0.25) is 5.02 Å². The van der Waals surface area contributed by atoms with Crippen LogP contribution in [0.5, 0.6) is 0 Å². The summed E-state index contributed by atoms with van der Waals surface area (Å²) in [7, 11) is 0. The van der Waals surface area contributed by atoms with Crippen LogP contribution in [0.4, 0.5) is 18.9 Å². The molecule has 1 fully saturated rings. The number of aliphatic carboxylic acids is 1. The summed E-state index contributed by atoms with van der Waals surface area (Å²) in [6.45, 7) is 1.26. The highest BCUT2D eigenvalue weighted by Crippen LogP contribution is 2.34. The number of nitrogens with two attached hydrogens (primary N) is 1. The number of carboxylic acid groups (broad SMARTS) is 1. The number of nitrogens with zero attached hydrogens (tertiary/aromatic N) is 2. The molecule has 1 spiro atoms. The monoisotopic (exact) mass is 468 g/mol. The molecule has 0 saturated carbocycles. The zero-order valence-electron chi connectivity index (χ0n) is 16.7. The van der Waals surface area contributed by atoms with Gasteiger partial charge < -0.3 is 21.1 Å². The molecule has 2 aromatic rings. The van der Waals surface area contributed by atoms with Gasteiger partial charge in [-0.1, -0.05) is 23.7 Å². The van der Waals surface area contributed by atoms with Crippen LogP contribution in [-0.2, 0) is 4.79 Å². The van der Waals surface area contributed by atoms with Crippen molar-refractivity contribution in [3.05, 3.63) is 64.7 Å². The van der Waals surface area contributed by atoms with E-state index in [1.54, 1.807) is 24.3 Å². The lowest BCUT2D eigenvalue weighted by Gasteiger charge is -2.42. The summed E-state index contributed by atoms with van der Waals surface area (Å²) in [6, 6.07) is 14.9. The maximum Gasteiger partial charge on any atom is 0.490 e. The minimum absolute atomic E-state index is 0.0275. The Balaban J connectivity index is 0.000000360. The van der Waals surface area contributed by atoms with E-state index in [1.165, 1.54) is 0 Å². The van der Waals surface area contributed by atoms with E-state index in [1.807, 2.05) is 29.2 Å². The Morgan fingerprint density at radius 1 is 1.09 bits per heavy atom. The Bertz CT molecular complexity index is 1030. The van der Waals surface area contributed by atoms with E-state index in [0.29, 0.717) is 29.5 Å².